The molecule has 0 radical (unpaired) electrons. The van der Waals surface area contributed by atoms with Crippen LogP contribution in [0.15, 0.2) is 12.2 Å². The van der Waals surface area contributed by atoms with Crippen LogP contribution in [0, 0.1) is 0 Å². The minimum atomic E-state index is -0.674. The largest absolute Gasteiger partial charge is 0.394 e. The van der Waals surface area contributed by atoms with Crippen molar-refractivity contribution in [3.05, 3.63) is 12.2 Å². The second kappa shape index (κ2) is 32.6. The molecule has 0 aliphatic carbocycles. The van der Waals surface area contributed by atoms with E-state index in [9.17, 15) is 15.0 Å². The van der Waals surface area contributed by atoms with Crippen LogP contribution in [0.2, 0.25) is 0 Å². The number of amides is 1. The van der Waals surface area contributed by atoms with Gasteiger partial charge in [0.05, 0.1) is 18.8 Å². The second-order valence-corrected chi connectivity index (χ2v) is 12.3. The van der Waals surface area contributed by atoms with E-state index in [1.807, 2.05) is 0 Å². The fraction of sp³-hybridized carbons (Fsp3) is 0.917. The summed E-state index contributed by atoms with van der Waals surface area (Å²) in [5.74, 6) is -0.0407. The van der Waals surface area contributed by atoms with Crippen molar-refractivity contribution in [2.75, 3.05) is 6.61 Å². The van der Waals surface area contributed by atoms with E-state index >= 15 is 0 Å². The van der Waals surface area contributed by atoms with Crippen molar-refractivity contribution in [2.24, 2.45) is 0 Å². The normalized spacial score (nSPS) is 13.2. The molecule has 4 heteroatoms. The number of aliphatic hydroxyl groups excluding tert-OH is 2. The lowest BCUT2D eigenvalue weighted by molar-refractivity contribution is -0.123. The molecule has 2 atom stereocenters. The number of carbonyl (C=O) groups is 1. The van der Waals surface area contributed by atoms with Crippen molar-refractivity contribution >= 4 is 5.91 Å². The molecule has 40 heavy (non-hydrogen) atoms. The van der Waals surface area contributed by atoms with Gasteiger partial charge < -0.3 is 15.5 Å². The van der Waals surface area contributed by atoms with Crippen molar-refractivity contribution in [2.45, 2.75) is 206 Å². The average Bonchev–Trinajstić information content (AvgIpc) is 2.96. The van der Waals surface area contributed by atoms with E-state index in [4.69, 9.17) is 0 Å². The number of nitrogens with one attached hydrogen (secondary N) is 1. The van der Waals surface area contributed by atoms with Crippen LogP contribution in [0.1, 0.15) is 194 Å². The van der Waals surface area contributed by atoms with Gasteiger partial charge in [0.2, 0.25) is 5.91 Å². The van der Waals surface area contributed by atoms with Crippen molar-refractivity contribution in [1.29, 1.82) is 0 Å². The Morgan fingerprint density at radius 1 is 0.575 bits per heavy atom. The lowest BCUT2D eigenvalue weighted by atomic mass is 10.0. The highest BCUT2D eigenvalue weighted by Crippen LogP contribution is 2.14. The van der Waals surface area contributed by atoms with Gasteiger partial charge in [0.1, 0.15) is 0 Å². The summed E-state index contributed by atoms with van der Waals surface area (Å²) in [5, 5.41) is 23.0. The molecule has 0 heterocycles. The average molecular weight is 566 g/mol. The summed E-state index contributed by atoms with van der Waals surface area (Å²) in [6, 6.07) is -0.545. The fourth-order valence-corrected chi connectivity index (χ4v) is 5.47. The van der Waals surface area contributed by atoms with Gasteiger partial charge in [0, 0.05) is 6.42 Å². The molecule has 2 unspecified atom stereocenters. The first-order chi connectivity index (χ1) is 19.7. The van der Waals surface area contributed by atoms with Crippen molar-refractivity contribution in [3.8, 4) is 0 Å². The minimum Gasteiger partial charge on any atom is -0.394 e. The molecular formula is C36H71NO3. The zero-order chi connectivity index (χ0) is 29.4. The van der Waals surface area contributed by atoms with Crippen molar-refractivity contribution < 1.29 is 15.0 Å². The Labute approximate surface area is 250 Å². The molecule has 0 spiro atoms. The maximum Gasteiger partial charge on any atom is 0.220 e. The standard InChI is InChI=1S/C36H71NO3/c1-3-5-7-9-11-13-15-17-18-20-22-24-26-28-30-32-36(40)37-34(33-38)35(39)31-29-27-25-23-21-19-16-14-12-10-8-6-4-2/h21,23,34-35,38-39H,3-20,22,24-33H2,1-2H3,(H,37,40). The van der Waals surface area contributed by atoms with Crippen LogP contribution in [-0.4, -0.2) is 34.9 Å². The van der Waals surface area contributed by atoms with E-state index in [0.29, 0.717) is 12.8 Å². The topological polar surface area (TPSA) is 69.6 Å². The first-order valence-corrected chi connectivity index (χ1v) is 17.9. The first-order valence-electron chi connectivity index (χ1n) is 17.9. The SMILES string of the molecule is CCCCCCCCCC=CCCCCC(O)C(CO)NC(=O)CCCCCCCCCCCCCCCCC. The van der Waals surface area contributed by atoms with Crippen molar-refractivity contribution in [1.82, 2.24) is 5.32 Å². The van der Waals surface area contributed by atoms with E-state index in [2.05, 4.69) is 31.3 Å². The summed E-state index contributed by atoms with van der Waals surface area (Å²) in [7, 11) is 0. The van der Waals surface area contributed by atoms with Crippen molar-refractivity contribution in [3.63, 3.8) is 0 Å². The second-order valence-electron chi connectivity index (χ2n) is 12.3. The summed E-state index contributed by atoms with van der Waals surface area (Å²) < 4.78 is 0. The Hall–Kier alpha value is -0.870. The van der Waals surface area contributed by atoms with E-state index in [-0.39, 0.29) is 12.5 Å². The van der Waals surface area contributed by atoms with Gasteiger partial charge in [0.15, 0.2) is 0 Å². The maximum absolute atomic E-state index is 12.3. The highest BCUT2D eigenvalue weighted by molar-refractivity contribution is 5.76. The molecule has 0 saturated carbocycles. The molecule has 238 valence electrons. The summed E-state index contributed by atoms with van der Waals surface area (Å²) in [4.78, 5) is 12.3. The molecule has 3 N–H and O–H groups in total. The molecule has 0 bridgehead atoms. The number of hydrogen-bond acceptors (Lipinski definition) is 3. The number of rotatable bonds is 32. The highest BCUT2D eigenvalue weighted by Gasteiger charge is 2.19. The summed E-state index contributed by atoms with van der Waals surface area (Å²) in [5.41, 5.74) is 0. The molecule has 0 aromatic heterocycles. The monoisotopic (exact) mass is 566 g/mol. The summed E-state index contributed by atoms with van der Waals surface area (Å²) in [6.45, 7) is 4.33. The highest BCUT2D eigenvalue weighted by atomic mass is 16.3. The Bertz CT molecular complexity index is 536. The fourth-order valence-electron chi connectivity index (χ4n) is 5.47. The first kappa shape index (κ1) is 39.1. The van der Waals surface area contributed by atoms with Crippen LogP contribution in [0.5, 0.6) is 0 Å². The molecule has 0 aliphatic heterocycles. The van der Waals surface area contributed by atoms with Crippen LogP contribution < -0.4 is 5.32 Å². The Kier molecular flexibility index (Phi) is 31.9. The molecular weight excluding hydrogens is 494 g/mol. The predicted octanol–water partition coefficient (Wildman–Crippen LogP) is 10.3. The third-order valence-corrected chi connectivity index (χ3v) is 8.28. The zero-order valence-corrected chi connectivity index (χ0v) is 27.1. The van der Waals surface area contributed by atoms with E-state index in [1.165, 1.54) is 135 Å². The number of unbranched alkanes of at least 4 members (excludes halogenated alkanes) is 23. The lowest BCUT2D eigenvalue weighted by Crippen LogP contribution is -2.45. The van der Waals surface area contributed by atoms with Crippen LogP contribution in [0.3, 0.4) is 0 Å². The smallest absolute Gasteiger partial charge is 0.220 e. The van der Waals surface area contributed by atoms with Crippen LogP contribution in [0.25, 0.3) is 0 Å². The van der Waals surface area contributed by atoms with Gasteiger partial charge in [-0.05, 0) is 38.5 Å². The van der Waals surface area contributed by atoms with E-state index in [1.54, 1.807) is 0 Å². The summed E-state index contributed by atoms with van der Waals surface area (Å²) >= 11 is 0. The van der Waals surface area contributed by atoms with Gasteiger partial charge in [0.25, 0.3) is 0 Å². The molecule has 0 aromatic carbocycles. The molecule has 0 rings (SSSR count). The molecule has 4 nitrogen and oxygen atoms in total. The number of hydrogen-bond donors (Lipinski definition) is 3. The molecule has 0 fully saturated rings. The Morgan fingerprint density at radius 2 is 0.950 bits per heavy atom. The van der Waals surface area contributed by atoms with Gasteiger partial charge in [-0.2, -0.15) is 0 Å². The summed E-state index contributed by atoms with van der Waals surface area (Å²) in [6.07, 6.45) is 38.3. The number of carbonyl (C=O) groups excluding carboxylic acids is 1. The van der Waals surface area contributed by atoms with Crippen LogP contribution >= 0.6 is 0 Å². The third kappa shape index (κ3) is 28.7. The number of aliphatic hydroxyl groups is 2. The van der Waals surface area contributed by atoms with Crippen LogP contribution in [0.4, 0.5) is 0 Å². The third-order valence-electron chi connectivity index (χ3n) is 8.28. The number of allylic oxidation sites excluding steroid dienone is 2. The lowest BCUT2D eigenvalue weighted by Gasteiger charge is -2.22. The van der Waals surface area contributed by atoms with Gasteiger partial charge in [-0.1, -0.05) is 161 Å². The van der Waals surface area contributed by atoms with Gasteiger partial charge >= 0.3 is 0 Å². The predicted molar refractivity (Wildman–Crippen MR) is 175 cm³/mol. The Balaban J connectivity index is 3.58. The van der Waals surface area contributed by atoms with E-state index < -0.39 is 12.1 Å². The zero-order valence-electron chi connectivity index (χ0n) is 27.1. The Morgan fingerprint density at radius 3 is 1.38 bits per heavy atom. The van der Waals surface area contributed by atoms with Crippen LogP contribution in [-0.2, 0) is 4.79 Å². The van der Waals surface area contributed by atoms with Gasteiger partial charge in [-0.15, -0.1) is 0 Å². The van der Waals surface area contributed by atoms with E-state index in [0.717, 1.165) is 32.1 Å². The molecule has 0 aromatic rings. The van der Waals surface area contributed by atoms with Gasteiger partial charge in [-0.25, -0.2) is 0 Å². The molecule has 0 aliphatic rings. The molecule has 0 saturated heterocycles. The molecule has 1 amide bonds. The van der Waals surface area contributed by atoms with Gasteiger partial charge in [-0.3, -0.25) is 4.79 Å². The maximum atomic E-state index is 12.3. The minimum absolute atomic E-state index is 0.0407. The quantitative estimate of drug-likeness (QED) is 0.0561.